The molecule has 104 valence electrons. The van der Waals surface area contributed by atoms with Crippen molar-refractivity contribution in [3.8, 4) is 0 Å². The molecule has 20 heavy (non-hydrogen) atoms. The van der Waals surface area contributed by atoms with Gasteiger partial charge in [0.2, 0.25) is 0 Å². The lowest BCUT2D eigenvalue weighted by molar-refractivity contribution is 0.0953. The Morgan fingerprint density at radius 3 is 2.85 bits per heavy atom. The zero-order chi connectivity index (χ0) is 14.7. The van der Waals surface area contributed by atoms with Gasteiger partial charge in [-0.05, 0) is 41.1 Å². The summed E-state index contributed by atoms with van der Waals surface area (Å²) >= 11 is 3.35. The summed E-state index contributed by atoms with van der Waals surface area (Å²) in [4.78, 5) is 27.4. The first-order chi connectivity index (χ1) is 9.51. The van der Waals surface area contributed by atoms with Crippen LogP contribution in [0.15, 0.2) is 39.9 Å². The van der Waals surface area contributed by atoms with E-state index in [2.05, 4.69) is 20.9 Å². The maximum absolute atomic E-state index is 12.0. The Morgan fingerprint density at radius 2 is 2.25 bits per heavy atom. The first kappa shape index (κ1) is 14.4. The predicted octanol–water partition coefficient (Wildman–Crippen LogP) is 0.966. The number of hydrazine groups is 1. The first-order valence-electron chi connectivity index (χ1n) is 5.83. The van der Waals surface area contributed by atoms with Crippen molar-refractivity contribution in [2.75, 3.05) is 0 Å². The third kappa shape index (κ3) is 3.12. The number of nitrogen functional groups attached to an aromatic ring is 1. The first-order valence-corrected chi connectivity index (χ1v) is 6.63. The highest BCUT2D eigenvalue weighted by atomic mass is 79.9. The van der Waals surface area contributed by atoms with Crippen LogP contribution in [0, 0.1) is 6.92 Å². The molecule has 0 fully saturated rings. The minimum Gasteiger partial charge on any atom is -0.308 e. The summed E-state index contributed by atoms with van der Waals surface area (Å²) in [5.41, 5.74) is 3.66. The van der Waals surface area contributed by atoms with E-state index < -0.39 is 5.91 Å². The fourth-order valence-electron chi connectivity index (χ4n) is 1.77. The van der Waals surface area contributed by atoms with Crippen molar-refractivity contribution in [2.24, 2.45) is 5.84 Å². The third-order valence-electron chi connectivity index (χ3n) is 2.78. The highest BCUT2D eigenvalue weighted by molar-refractivity contribution is 9.10. The lowest BCUT2D eigenvalue weighted by Gasteiger charge is -2.08. The topological polar surface area (TPSA) is 90.0 Å². The molecule has 2 aromatic heterocycles. The van der Waals surface area contributed by atoms with E-state index in [0.29, 0.717) is 23.4 Å². The van der Waals surface area contributed by atoms with Crippen molar-refractivity contribution in [2.45, 2.75) is 13.5 Å². The van der Waals surface area contributed by atoms with Crippen molar-refractivity contribution >= 4 is 21.8 Å². The maximum atomic E-state index is 12.0. The molecule has 0 aliphatic carbocycles. The fourth-order valence-corrected chi connectivity index (χ4v) is 2.36. The number of hydrogen-bond acceptors (Lipinski definition) is 4. The molecule has 0 bridgehead atoms. The molecule has 0 aromatic carbocycles. The van der Waals surface area contributed by atoms with E-state index in [4.69, 9.17) is 5.84 Å². The zero-order valence-corrected chi connectivity index (χ0v) is 12.3. The van der Waals surface area contributed by atoms with Gasteiger partial charge in [0.05, 0.1) is 17.8 Å². The van der Waals surface area contributed by atoms with Gasteiger partial charge >= 0.3 is 0 Å². The molecule has 0 aliphatic rings. The number of nitrogens with zero attached hydrogens (tertiary/aromatic N) is 2. The number of nitrogens with one attached hydrogen (secondary N) is 1. The van der Waals surface area contributed by atoms with Crippen LogP contribution in [0.25, 0.3) is 0 Å². The number of carbonyl (C=O) groups is 1. The summed E-state index contributed by atoms with van der Waals surface area (Å²) in [6, 6.07) is 5.06. The second-order valence-electron chi connectivity index (χ2n) is 4.29. The SMILES string of the molecule is Cc1cc(Br)cn(Cc2ccc(C(=O)NN)cn2)c1=O. The highest BCUT2D eigenvalue weighted by Crippen LogP contribution is 2.09. The van der Waals surface area contributed by atoms with Crippen molar-refractivity contribution < 1.29 is 4.79 Å². The molecule has 0 aliphatic heterocycles. The van der Waals surface area contributed by atoms with Crippen LogP contribution in [0.4, 0.5) is 0 Å². The van der Waals surface area contributed by atoms with Gasteiger partial charge in [0.15, 0.2) is 0 Å². The van der Waals surface area contributed by atoms with Gasteiger partial charge in [0.25, 0.3) is 11.5 Å². The quantitative estimate of drug-likeness (QED) is 0.496. The number of aryl methyl sites for hydroxylation is 1. The van der Waals surface area contributed by atoms with Crippen LogP contribution < -0.4 is 16.8 Å². The largest absolute Gasteiger partial charge is 0.308 e. The number of rotatable bonds is 3. The van der Waals surface area contributed by atoms with Crippen molar-refractivity contribution in [3.05, 3.63) is 62.2 Å². The normalized spacial score (nSPS) is 10.3. The van der Waals surface area contributed by atoms with Gasteiger partial charge in [-0.15, -0.1) is 0 Å². The minimum atomic E-state index is -0.403. The van der Waals surface area contributed by atoms with Crippen molar-refractivity contribution in [3.63, 3.8) is 0 Å². The summed E-state index contributed by atoms with van der Waals surface area (Å²) in [5, 5.41) is 0. The van der Waals surface area contributed by atoms with E-state index in [0.717, 1.165) is 4.47 Å². The van der Waals surface area contributed by atoms with Crippen LogP contribution in [-0.4, -0.2) is 15.5 Å². The molecule has 2 aromatic rings. The minimum absolute atomic E-state index is 0.0706. The van der Waals surface area contributed by atoms with Crippen LogP contribution in [0.5, 0.6) is 0 Å². The predicted molar refractivity (Wildman–Crippen MR) is 78.1 cm³/mol. The average Bonchev–Trinajstić information content (AvgIpc) is 2.44. The molecule has 0 unspecified atom stereocenters. The van der Waals surface area contributed by atoms with Gasteiger partial charge in [0, 0.05) is 22.4 Å². The molecule has 0 radical (unpaired) electrons. The smallest absolute Gasteiger partial charge is 0.266 e. The monoisotopic (exact) mass is 336 g/mol. The van der Waals surface area contributed by atoms with Gasteiger partial charge in [-0.2, -0.15) is 0 Å². The number of nitrogens with two attached hydrogens (primary N) is 1. The fraction of sp³-hybridized carbons (Fsp3) is 0.154. The Bertz CT molecular complexity index is 695. The molecule has 2 rings (SSSR count). The third-order valence-corrected chi connectivity index (χ3v) is 3.22. The van der Waals surface area contributed by atoms with Crippen LogP contribution in [-0.2, 0) is 6.54 Å². The molecular weight excluding hydrogens is 324 g/mol. The van der Waals surface area contributed by atoms with E-state index in [1.165, 1.54) is 6.20 Å². The highest BCUT2D eigenvalue weighted by Gasteiger charge is 2.06. The Morgan fingerprint density at radius 1 is 1.50 bits per heavy atom. The molecule has 0 atom stereocenters. The molecule has 0 saturated heterocycles. The Balaban J connectivity index is 2.27. The van der Waals surface area contributed by atoms with Gasteiger partial charge in [-0.25, -0.2) is 5.84 Å². The second kappa shape index (κ2) is 5.98. The summed E-state index contributed by atoms with van der Waals surface area (Å²) in [7, 11) is 0. The van der Waals surface area contributed by atoms with E-state index >= 15 is 0 Å². The zero-order valence-electron chi connectivity index (χ0n) is 10.8. The van der Waals surface area contributed by atoms with Gasteiger partial charge in [-0.3, -0.25) is 20.0 Å². The lowest BCUT2D eigenvalue weighted by Crippen LogP contribution is -2.30. The standard InChI is InChI=1S/C13H13BrN4O2/c1-8-4-10(14)6-18(13(8)20)7-11-3-2-9(5-16-11)12(19)17-15/h2-6H,7,15H2,1H3,(H,17,19). The number of halogens is 1. The molecule has 3 N–H and O–H groups in total. The number of hydrogen-bond donors (Lipinski definition) is 2. The Kier molecular flexibility index (Phi) is 4.31. The summed E-state index contributed by atoms with van der Waals surface area (Å²) in [5.74, 6) is 4.64. The number of pyridine rings is 2. The molecule has 2 heterocycles. The molecule has 7 heteroatoms. The molecule has 1 amide bonds. The van der Waals surface area contributed by atoms with Crippen molar-refractivity contribution in [1.82, 2.24) is 15.0 Å². The van der Waals surface area contributed by atoms with Crippen molar-refractivity contribution in [1.29, 1.82) is 0 Å². The van der Waals surface area contributed by atoms with E-state index in [9.17, 15) is 9.59 Å². The van der Waals surface area contributed by atoms with E-state index in [1.54, 1.807) is 35.9 Å². The molecule has 6 nitrogen and oxygen atoms in total. The number of aromatic nitrogens is 2. The second-order valence-corrected chi connectivity index (χ2v) is 5.20. The van der Waals surface area contributed by atoms with Crippen LogP contribution in [0.2, 0.25) is 0 Å². The van der Waals surface area contributed by atoms with Crippen LogP contribution in [0.3, 0.4) is 0 Å². The average molecular weight is 337 g/mol. The lowest BCUT2D eigenvalue weighted by atomic mass is 10.2. The Labute approximate surface area is 123 Å². The summed E-state index contributed by atoms with van der Waals surface area (Å²) in [6.07, 6.45) is 3.13. The summed E-state index contributed by atoms with van der Waals surface area (Å²) < 4.78 is 2.39. The van der Waals surface area contributed by atoms with Gasteiger partial charge in [-0.1, -0.05) is 0 Å². The van der Waals surface area contributed by atoms with E-state index in [-0.39, 0.29) is 5.56 Å². The Hall–Kier alpha value is -1.99. The maximum Gasteiger partial charge on any atom is 0.266 e. The van der Waals surface area contributed by atoms with Crippen LogP contribution >= 0.6 is 15.9 Å². The summed E-state index contributed by atoms with van der Waals surface area (Å²) in [6.45, 7) is 2.09. The van der Waals surface area contributed by atoms with E-state index in [1.807, 2.05) is 5.43 Å². The van der Waals surface area contributed by atoms with Gasteiger partial charge < -0.3 is 4.57 Å². The molecular formula is C13H13BrN4O2. The molecule has 0 saturated carbocycles. The number of amides is 1. The molecule has 0 spiro atoms. The number of carbonyl (C=O) groups excluding carboxylic acids is 1. The van der Waals surface area contributed by atoms with Crippen LogP contribution in [0.1, 0.15) is 21.6 Å². The van der Waals surface area contributed by atoms with Gasteiger partial charge in [0.1, 0.15) is 0 Å².